The zero-order chi connectivity index (χ0) is 15.5. The van der Waals surface area contributed by atoms with E-state index in [1.54, 1.807) is 18.2 Å². The Bertz CT molecular complexity index is 640. The van der Waals surface area contributed by atoms with Gasteiger partial charge in [-0.3, -0.25) is 4.79 Å². The summed E-state index contributed by atoms with van der Waals surface area (Å²) in [5.41, 5.74) is 1.67. The lowest BCUT2D eigenvalue weighted by atomic mass is 9.84. The van der Waals surface area contributed by atoms with Crippen LogP contribution in [-0.2, 0) is 5.41 Å². The molecule has 110 valence electrons. The fourth-order valence-corrected chi connectivity index (χ4v) is 2.53. The van der Waals surface area contributed by atoms with Crippen molar-refractivity contribution < 1.29 is 4.79 Å². The van der Waals surface area contributed by atoms with Crippen molar-refractivity contribution in [1.82, 2.24) is 5.32 Å². The SMILES string of the molecule is CC(C)(CNC(=O)c1ccc(Cl)c(Br)c1)c1ccccc1. The molecule has 21 heavy (non-hydrogen) atoms. The molecule has 0 aliphatic rings. The molecule has 2 aromatic carbocycles. The number of amides is 1. The summed E-state index contributed by atoms with van der Waals surface area (Å²) in [4.78, 5) is 12.2. The molecule has 0 saturated carbocycles. The summed E-state index contributed by atoms with van der Waals surface area (Å²) >= 11 is 9.27. The zero-order valence-corrected chi connectivity index (χ0v) is 14.3. The lowest BCUT2D eigenvalue weighted by Crippen LogP contribution is -2.36. The molecule has 0 fully saturated rings. The van der Waals surface area contributed by atoms with Gasteiger partial charge in [0.2, 0.25) is 0 Å². The molecule has 0 aliphatic heterocycles. The largest absolute Gasteiger partial charge is 0.351 e. The van der Waals surface area contributed by atoms with Crippen LogP contribution in [0.5, 0.6) is 0 Å². The van der Waals surface area contributed by atoms with Crippen LogP contribution in [-0.4, -0.2) is 12.5 Å². The molecule has 2 aromatic rings. The minimum atomic E-state index is -0.124. The van der Waals surface area contributed by atoms with E-state index in [0.29, 0.717) is 17.1 Å². The number of benzene rings is 2. The Balaban J connectivity index is 2.05. The topological polar surface area (TPSA) is 29.1 Å². The fourth-order valence-electron chi connectivity index (χ4n) is 2.03. The Kier molecular flexibility index (Phi) is 5.07. The number of carbonyl (C=O) groups excluding carboxylic acids is 1. The highest BCUT2D eigenvalue weighted by Crippen LogP contribution is 2.24. The van der Waals surface area contributed by atoms with Crippen molar-refractivity contribution in [2.45, 2.75) is 19.3 Å². The third kappa shape index (κ3) is 4.08. The van der Waals surface area contributed by atoms with Crippen LogP contribution in [0.15, 0.2) is 53.0 Å². The van der Waals surface area contributed by atoms with Gasteiger partial charge in [-0.1, -0.05) is 55.8 Å². The van der Waals surface area contributed by atoms with E-state index >= 15 is 0 Å². The Hall–Kier alpha value is -1.32. The molecule has 1 amide bonds. The van der Waals surface area contributed by atoms with Crippen molar-refractivity contribution in [2.75, 3.05) is 6.54 Å². The van der Waals surface area contributed by atoms with Gasteiger partial charge in [0.25, 0.3) is 5.91 Å². The monoisotopic (exact) mass is 365 g/mol. The number of carbonyl (C=O) groups is 1. The molecule has 0 bridgehead atoms. The number of rotatable bonds is 4. The third-order valence-electron chi connectivity index (χ3n) is 3.43. The van der Waals surface area contributed by atoms with Crippen molar-refractivity contribution in [1.29, 1.82) is 0 Å². The molecule has 0 unspecified atom stereocenters. The third-order valence-corrected chi connectivity index (χ3v) is 4.64. The highest BCUT2D eigenvalue weighted by Gasteiger charge is 2.21. The van der Waals surface area contributed by atoms with Gasteiger partial charge in [-0.2, -0.15) is 0 Å². The van der Waals surface area contributed by atoms with Gasteiger partial charge < -0.3 is 5.32 Å². The quantitative estimate of drug-likeness (QED) is 0.826. The summed E-state index contributed by atoms with van der Waals surface area (Å²) in [6.45, 7) is 4.79. The summed E-state index contributed by atoms with van der Waals surface area (Å²) in [5, 5.41) is 3.58. The molecule has 2 rings (SSSR count). The number of hydrogen-bond acceptors (Lipinski definition) is 1. The van der Waals surface area contributed by atoms with Crippen LogP contribution in [0.3, 0.4) is 0 Å². The average molecular weight is 367 g/mol. The summed E-state index contributed by atoms with van der Waals surface area (Å²) < 4.78 is 0.721. The van der Waals surface area contributed by atoms with Crippen molar-refractivity contribution >= 4 is 33.4 Å². The minimum Gasteiger partial charge on any atom is -0.351 e. The second kappa shape index (κ2) is 6.63. The van der Waals surface area contributed by atoms with E-state index in [9.17, 15) is 4.79 Å². The van der Waals surface area contributed by atoms with Crippen LogP contribution >= 0.6 is 27.5 Å². The van der Waals surface area contributed by atoms with E-state index < -0.39 is 0 Å². The Morgan fingerprint density at radius 1 is 1.19 bits per heavy atom. The first-order chi connectivity index (χ1) is 9.90. The second-order valence-electron chi connectivity index (χ2n) is 5.56. The summed E-state index contributed by atoms with van der Waals surface area (Å²) in [5.74, 6) is -0.101. The van der Waals surface area contributed by atoms with Crippen molar-refractivity contribution in [3.63, 3.8) is 0 Å². The molecule has 0 atom stereocenters. The molecule has 0 aliphatic carbocycles. The van der Waals surface area contributed by atoms with Gasteiger partial charge in [0.05, 0.1) is 5.02 Å². The average Bonchev–Trinajstić information content (AvgIpc) is 2.48. The molecule has 0 spiro atoms. The van der Waals surface area contributed by atoms with Gasteiger partial charge in [0.1, 0.15) is 0 Å². The van der Waals surface area contributed by atoms with Crippen LogP contribution in [0.25, 0.3) is 0 Å². The molecule has 0 saturated heterocycles. The lowest BCUT2D eigenvalue weighted by Gasteiger charge is -2.25. The van der Waals surface area contributed by atoms with E-state index in [1.807, 2.05) is 18.2 Å². The van der Waals surface area contributed by atoms with Crippen LogP contribution in [0.1, 0.15) is 29.8 Å². The van der Waals surface area contributed by atoms with Crippen molar-refractivity contribution in [3.05, 3.63) is 69.2 Å². The van der Waals surface area contributed by atoms with Crippen LogP contribution < -0.4 is 5.32 Å². The van der Waals surface area contributed by atoms with Gasteiger partial charge in [-0.15, -0.1) is 0 Å². The molecule has 2 nitrogen and oxygen atoms in total. The molecule has 0 radical (unpaired) electrons. The van der Waals surface area contributed by atoms with E-state index in [0.717, 1.165) is 4.47 Å². The lowest BCUT2D eigenvalue weighted by molar-refractivity contribution is 0.0945. The van der Waals surface area contributed by atoms with Crippen molar-refractivity contribution in [2.24, 2.45) is 0 Å². The molecule has 4 heteroatoms. The normalized spacial score (nSPS) is 11.2. The van der Waals surface area contributed by atoms with Crippen LogP contribution in [0.4, 0.5) is 0 Å². The molecular weight excluding hydrogens is 350 g/mol. The number of nitrogens with one attached hydrogen (secondary N) is 1. The van der Waals surface area contributed by atoms with Gasteiger partial charge in [-0.05, 0) is 39.7 Å². The van der Waals surface area contributed by atoms with E-state index in [4.69, 9.17) is 11.6 Å². The Morgan fingerprint density at radius 3 is 2.48 bits per heavy atom. The Labute approximate surface area is 138 Å². The minimum absolute atomic E-state index is 0.101. The van der Waals surface area contributed by atoms with Crippen LogP contribution in [0.2, 0.25) is 5.02 Å². The van der Waals surface area contributed by atoms with E-state index in [-0.39, 0.29) is 11.3 Å². The predicted molar refractivity (Wildman–Crippen MR) is 91.0 cm³/mol. The predicted octanol–water partition coefficient (Wildman–Crippen LogP) is 4.81. The van der Waals surface area contributed by atoms with Gasteiger partial charge in [-0.25, -0.2) is 0 Å². The maximum absolute atomic E-state index is 12.2. The van der Waals surface area contributed by atoms with Gasteiger partial charge >= 0.3 is 0 Å². The maximum Gasteiger partial charge on any atom is 0.251 e. The highest BCUT2D eigenvalue weighted by molar-refractivity contribution is 9.10. The molecule has 0 heterocycles. The smallest absolute Gasteiger partial charge is 0.251 e. The molecule has 1 N–H and O–H groups in total. The van der Waals surface area contributed by atoms with Gasteiger partial charge in [0.15, 0.2) is 0 Å². The van der Waals surface area contributed by atoms with Crippen molar-refractivity contribution in [3.8, 4) is 0 Å². The first-order valence-corrected chi connectivity index (χ1v) is 7.86. The molecule has 0 aromatic heterocycles. The number of hydrogen-bond donors (Lipinski definition) is 1. The van der Waals surface area contributed by atoms with E-state index in [1.165, 1.54) is 5.56 Å². The fraction of sp³-hybridized carbons (Fsp3) is 0.235. The zero-order valence-electron chi connectivity index (χ0n) is 12.0. The second-order valence-corrected chi connectivity index (χ2v) is 6.82. The summed E-state index contributed by atoms with van der Waals surface area (Å²) in [6, 6.07) is 15.3. The first kappa shape index (κ1) is 16.1. The summed E-state index contributed by atoms with van der Waals surface area (Å²) in [7, 11) is 0. The highest BCUT2D eigenvalue weighted by atomic mass is 79.9. The Morgan fingerprint density at radius 2 is 1.86 bits per heavy atom. The molecular formula is C17H17BrClNO. The summed E-state index contributed by atoms with van der Waals surface area (Å²) in [6.07, 6.45) is 0. The first-order valence-electron chi connectivity index (χ1n) is 6.69. The maximum atomic E-state index is 12.2. The number of halogens is 2. The standard InChI is InChI=1S/C17H17BrClNO/c1-17(2,13-6-4-3-5-7-13)11-20-16(21)12-8-9-15(19)14(18)10-12/h3-10H,11H2,1-2H3,(H,20,21). The van der Waals surface area contributed by atoms with E-state index in [2.05, 4.69) is 47.2 Å². The van der Waals surface area contributed by atoms with Crippen LogP contribution in [0, 0.1) is 0 Å². The van der Waals surface area contributed by atoms with Gasteiger partial charge in [0, 0.05) is 22.0 Å².